The molecule has 5 heteroatoms. The van der Waals surface area contributed by atoms with Gasteiger partial charge >= 0.3 is 6.09 Å². The molecule has 1 rings (SSSR count). The minimum absolute atomic E-state index is 0.206. The maximum atomic E-state index is 11.6. The molecule has 1 aromatic rings. The van der Waals surface area contributed by atoms with Crippen LogP contribution in [0.4, 0.5) is 4.79 Å². The van der Waals surface area contributed by atoms with Crippen LogP contribution in [0.25, 0.3) is 0 Å². The van der Waals surface area contributed by atoms with Gasteiger partial charge in [0, 0.05) is 31.5 Å². The molecule has 0 fully saturated rings. The van der Waals surface area contributed by atoms with E-state index in [-0.39, 0.29) is 12.1 Å². The van der Waals surface area contributed by atoms with E-state index in [0.717, 1.165) is 13.0 Å². The van der Waals surface area contributed by atoms with Crippen LogP contribution >= 0.6 is 0 Å². The molecule has 0 saturated heterocycles. The molecule has 0 aliphatic rings. The lowest BCUT2D eigenvalue weighted by atomic mass is 10.1. The lowest BCUT2D eigenvalue weighted by Gasteiger charge is -2.22. The molecular formula is C16H27N3O2. The van der Waals surface area contributed by atoms with E-state index in [1.54, 1.807) is 6.20 Å². The average molecular weight is 293 g/mol. The molecule has 0 spiro atoms. The molecule has 1 heterocycles. The zero-order valence-corrected chi connectivity index (χ0v) is 13.7. The van der Waals surface area contributed by atoms with E-state index in [4.69, 9.17) is 4.74 Å². The van der Waals surface area contributed by atoms with Crippen molar-refractivity contribution < 1.29 is 9.53 Å². The topological polar surface area (TPSA) is 63.2 Å². The van der Waals surface area contributed by atoms with Crippen molar-refractivity contribution in [3.63, 3.8) is 0 Å². The van der Waals surface area contributed by atoms with Gasteiger partial charge in [-0.2, -0.15) is 0 Å². The Bertz CT molecular complexity index is 455. The fraction of sp³-hybridized carbons (Fsp3) is 0.625. The summed E-state index contributed by atoms with van der Waals surface area (Å²) in [6.07, 6.45) is 4.21. The highest BCUT2D eigenvalue weighted by atomic mass is 16.6. The second-order valence-corrected chi connectivity index (χ2v) is 6.17. The number of nitrogens with one attached hydrogen (secondary N) is 2. The molecule has 5 nitrogen and oxygen atoms in total. The van der Waals surface area contributed by atoms with Crippen LogP contribution < -0.4 is 10.6 Å². The molecule has 2 N–H and O–H groups in total. The maximum Gasteiger partial charge on any atom is 0.407 e. The van der Waals surface area contributed by atoms with Gasteiger partial charge in [0.2, 0.25) is 0 Å². The minimum atomic E-state index is -0.466. The van der Waals surface area contributed by atoms with Gasteiger partial charge < -0.3 is 15.4 Å². The monoisotopic (exact) mass is 293 g/mol. The number of alkyl carbamates (subject to hydrolysis) is 1. The molecule has 0 aliphatic carbocycles. The zero-order valence-electron chi connectivity index (χ0n) is 13.7. The van der Waals surface area contributed by atoms with Crippen LogP contribution in [-0.2, 0) is 11.3 Å². The van der Waals surface area contributed by atoms with E-state index < -0.39 is 5.60 Å². The molecule has 0 aromatic carbocycles. The number of aromatic nitrogens is 1. The summed E-state index contributed by atoms with van der Waals surface area (Å²) in [6.45, 7) is 11.0. The number of carbonyl (C=O) groups excluding carboxylic acids is 1. The van der Waals surface area contributed by atoms with E-state index >= 15 is 0 Å². The van der Waals surface area contributed by atoms with Gasteiger partial charge in [0.15, 0.2) is 0 Å². The first-order chi connectivity index (χ1) is 9.81. The van der Waals surface area contributed by atoms with E-state index in [9.17, 15) is 4.79 Å². The van der Waals surface area contributed by atoms with Crippen molar-refractivity contribution in [1.82, 2.24) is 15.6 Å². The predicted molar refractivity (Wildman–Crippen MR) is 84.1 cm³/mol. The van der Waals surface area contributed by atoms with E-state index in [1.807, 2.05) is 33.0 Å². The predicted octanol–water partition coefficient (Wildman–Crippen LogP) is 2.78. The largest absolute Gasteiger partial charge is 0.444 e. The molecule has 0 aliphatic heterocycles. The van der Waals surface area contributed by atoms with Crippen LogP contribution in [-0.4, -0.2) is 29.3 Å². The lowest BCUT2D eigenvalue weighted by molar-refractivity contribution is 0.0522. The van der Waals surface area contributed by atoms with Crippen molar-refractivity contribution in [3.05, 3.63) is 29.6 Å². The summed E-state index contributed by atoms with van der Waals surface area (Å²) in [5, 5.41) is 6.24. The first-order valence-electron chi connectivity index (χ1n) is 7.41. The maximum absolute atomic E-state index is 11.6. The molecule has 0 radical (unpaired) electrons. The second kappa shape index (κ2) is 7.98. The van der Waals surface area contributed by atoms with Crippen LogP contribution in [0.3, 0.4) is 0 Å². The Morgan fingerprint density at radius 1 is 1.43 bits per heavy atom. The smallest absolute Gasteiger partial charge is 0.407 e. The van der Waals surface area contributed by atoms with Crippen molar-refractivity contribution in [2.45, 2.75) is 59.2 Å². The van der Waals surface area contributed by atoms with Crippen molar-refractivity contribution >= 4 is 6.09 Å². The Hall–Kier alpha value is -1.62. The number of hydrogen-bond donors (Lipinski definition) is 2. The van der Waals surface area contributed by atoms with Gasteiger partial charge in [0.1, 0.15) is 5.60 Å². The van der Waals surface area contributed by atoms with Crippen LogP contribution in [0.1, 0.15) is 45.2 Å². The average Bonchev–Trinajstić information content (AvgIpc) is 2.38. The van der Waals surface area contributed by atoms with Crippen molar-refractivity contribution in [2.24, 2.45) is 0 Å². The van der Waals surface area contributed by atoms with Crippen molar-refractivity contribution in [1.29, 1.82) is 0 Å². The number of hydrogen-bond acceptors (Lipinski definition) is 4. The van der Waals surface area contributed by atoms with Gasteiger partial charge in [0.05, 0.1) is 0 Å². The molecule has 1 aromatic heterocycles. The Labute approximate surface area is 127 Å². The fourth-order valence-corrected chi connectivity index (χ4v) is 1.82. The summed E-state index contributed by atoms with van der Waals surface area (Å²) in [5.74, 6) is 0. The van der Waals surface area contributed by atoms with Gasteiger partial charge in [-0.1, -0.05) is 6.92 Å². The Morgan fingerprint density at radius 2 is 2.14 bits per heavy atom. The van der Waals surface area contributed by atoms with Crippen LogP contribution in [0.2, 0.25) is 0 Å². The van der Waals surface area contributed by atoms with Gasteiger partial charge in [-0.15, -0.1) is 0 Å². The summed E-state index contributed by atoms with van der Waals surface area (Å²) in [6, 6.07) is 2.20. The normalized spacial score (nSPS) is 12.8. The standard InChI is InChI=1S/C16H27N3O2/c1-6-14(11-19-15(20)21-16(3,4)5)18-10-13-9-17-8-7-12(13)2/h7-9,14,18H,6,10-11H2,1-5H3,(H,19,20). The van der Waals surface area contributed by atoms with Gasteiger partial charge in [0.25, 0.3) is 0 Å². The minimum Gasteiger partial charge on any atom is -0.444 e. The number of ether oxygens (including phenoxy) is 1. The summed E-state index contributed by atoms with van der Waals surface area (Å²) < 4.78 is 5.23. The lowest BCUT2D eigenvalue weighted by Crippen LogP contribution is -2.42. The van der Waals surface area contributed by atoms with Crippen molar-refractivity contribution in [3.8, 4) is 0 Å². The number of amides is 1. The van der Waals surface area contributed by atoms with E-state index in [0.29, 0.717) is 6.54 Å². The third kappa shape index (κ3) is 7.09. The molecule has 0 bridgehead atoms. The SMILES string of the molecule is CCC(CNC(=O)OC(C)(C)C)NCc1cnccc1C. The number of aryl methyl sites for hydroxylation is 1. The second-order valence-electron chi connectivity index (χ2n) is 6.17. The Kier molecular flexibility index (Phi) is 6.62. The molecular weight excluding hydrogens is 266 g/mol. The first kappa shape index (κ1) is 17.4. The van der Waals surface area contributed by atoms with E-state index in [1.165, 1.54) is 11.1 Å². The van der Waals surface area contributed by atoms with Crippen LogP contribution in [0, 0.1) is 6.92 Å². The highest BCUT2D eigenvalue weighted by molar-refractivity contribution is 5.67. The van der Waals surface area contributed by atoms with Gasteiger partial charge in [-0.25, -0.2) is 4.79 Å². The summed E-state index contributed by atoms with van der Waals surface area (Å²) in [7, 11) is 0. The number of pyridine rings is 1. The number of rotatable bonds is 6. The highest BCUT2D eigenvalue weighted by Crippen LogP contribution is 2.07. The summed E-state index contributed by atoms with van der Waals surface area (Å²) in [4.78, 5) is 15.8. The van der Waals surface area contributed by atoms with Gasteiger partial charge in [-0.3, -0.25) is 4.98 Å². The fourth-order valence-electron chi connectivity index (χ4n) is 1.82. The third-order valence-corrected chi connectivity index (χ3v) is 3.11. The van der Waals surface area contributed by atoms with Crippen LogP contribution in [0.15, 0.2) is 18.5 Å². The number of nitrogens with zero attached hydrogens (tertiary/aromatic N) is 1. The Balaban J connectivity index is 2.39. The summed E-state index contributed by atoms with van der Waals surface area (Å²) >= 11 is 0. The summed E-state index contributed by atoms with van der Waals surface area (Å²) in [5.41, 5.74) is 1.92. The molecule has 118 valence electrons. The number of carbonyl (C=O) groups is 1. The molecule has 0 saturated carbocycles. The molecule has 1 atom stereocenters. The Morgan fingerprint density at radius 3 is 2.71 bits per heavy atom. The van der Waals surface area contributed by atoms with Gasteiger partial charge in [-0.05, 0) is 51.3 Å². The highest BCUT2D eigenvalue weighted by Gasteiger charge is 2.16. The quantitative estimate of drug-likeness (QED) is 0.846. The third-order valence-electron chi connectivity index (χ3n) is 3.11. The van der Waals surface area contributed by atoms with E-state index in [2.05, 4.69) is 29.5 Å². The molecule has 1 amide bonds. The van der Waals surface area contributed by atoms with Crippen molar-refractivity contribution in [2.75, 3.05) is 6.54 Å². The first-order valence-corrected chi connectivity index (χ1v) is 7.41. The molecule has 1 unspecified atom stereocenters. The molecule has 21 heavy (non-hydrogen) atoms. The zero-order chi connectivity index (χ0) is 15.9. The van der Waals surface area contributed by atoms with Crippen LogP contribution in [0.5, 0.6) is 0 Å².